The van der Waals surface area contributed by atoms with E-state index in [0.29, 0.717) is 6.61 Å². The van der Waals surface area contributed by atoms with Gasteiger partial charge >= 0.3 is 5.97 Å². The number of rotatable bonds is 3. The fraction of sp³-hybridized carbons (Fsp3) is 0.833. The van der Waals surface area contributed by atoms with Gasteiger partial charge in [0.25, 0.3) is 5.91 Å². The maximum absolute atomic E-state index is 12.4. The SMILES string of the molecule is CC1CCOC1C(=O)N1CCS(=O)(=O)CC1CC(=O)O. The summed E-state index contributed by atoms with van der Waals surface area (Å²) in [5, 5.41) is 8.89. The molecule has 20 heavy (non-hydrogen) atoms. The van der Waals surface area contributed by atoms with Crippen LogP contribution in [-0.2, 0) is 24.2 Å². The van der Waals surface area contributed by atoms with Crippen LogP contribution in [0.5, 0.6) is 0 Å². The molecule has 2 fully saturated rings. The third-order valence-corrected chi connectivity index (χ3v) is 5.55. The molecule has 2 heterocycles. The Kier molecular flexibility index (Phi) is 4.33. The van der Waals surface area contributed by atoms with Crippen molar-refractivity contribution in [1.82, 2.24) is 4.90 Å². The van der Waals surface area contributed by atoms with Gasteiger partial charge in [0.15, 0.2) is 9.84 Å². The molecule has 3 unspecified atom stereocenters. The number of amides is 1. The monoisotopic (exact) mass is 305 g/mol. The molecule has 2 aliphatic rings. The number of ether oxygens (including phenoxy) is 1. The van der Waals surface area contributed by atoms with Gasteiger partial charge in [-0.1, -0.05) is 6.92 Å². The molecular weight excluding hydrogens is 286 g/mol. The van der Waals surface area contributed by atoms with Crippen LogP contribution in [0.1, 0.15) is 19.8 Å². The molecule has 0 saturated carbocycles. The van der Waals surface area contributed by atoms with Crippen molar-refractivity contribution in [2.24, 2.45) is 5.92 Å². The second-order valence-electron chi connectivity index (χ2n) is 5.46. The first-order valence-electron chi connectivity index (χ1n) is 6.64. The molecule has 0 aromatic carbocycles. The predicted molar refractivity (Wildman–Crippen MR) is 69.9 cm³/mol. The van der Waals surface area contributed by atoms with Crippen molar-refractivity contribution in [3.05, 3.63) is 0 Å². The summed E-state index contributed by atoms with van der Waals surface area (Å²) in [5.74, 6) is -1.71. The lowest BCUT2D eigenvalue weighted by atomic mass is 10.0. The molecule has 0 aliphatic carbocycles. The summed E-state index contributed by atoms with van der Waals surface area (Å²) in [4.78, 5) is 24.7. The minimum atomic E-state index is -3.28. The highest BCUT2D eigenvalue weighted by Gasteiger charge is 2.41. The third kappa shape index (κ3) is 3.29. The average Bonchev–Trinajstić information content (AvgIpc) is 2.73. The Morgan fingerprint density at radius 2 is 2.10 bits per heavy atom. The molecule has 0 aromatic heterocycles. The normalized spacial score (nSPS) is 33.0. The van der Waals surface area contributed by atoms with Gasteiger partial charge in [0.1, 0.15) is 6.10 Å². The molecule has 0 aromatic rings. The molecule has 114 valence electrons. The molecule has 2 saturated heterocycles. The van der Waals surface area contributed by atoms with E-state index in [1.165, 1.54) is 4.90 Å². The topological polar surface area (TPSA) is 101 Å². The van der Waals surface area contributed by atoms with Gasteiger partial charge in [0.2, 0.25) is 0 Å². The van der Waals surface area contributed by atoms with Gasteiger partial charge in [-0.15, -0.1) is 0 Å². The zero-order valence-corrected chi connectivity index (χ0v) is 12.1. The number of nitrogens with zero attached hydrogens (tertiary/aromatic N) is 1. The number of aliphatic carboxylic acids is 1. The standard InChI is InChI=1S/C12H19NO6S/c1-8-2-4-19-11(8)12(16)13-3-5-20(17,18)7-9(13)6-10(14)15/h8-9,11H,2-7H2,1H3,(H,14,15). The highest BCUT2D eigenvalue weighted by atomic mass is 32.2. The Morgan fingerprint density at radius 3 is 2.65 bits per heavy atom. The van der Waals surface area contributed by atoms with Gasteiger partial charge in [0, 0.05) is 13.2 Å². The molecule has 0 bridgehead atoms. The van der Waals surface area contributed by atoms with Crippen LogP contribution in [0, 0.1) is 5.92 Å². The summed E-state index contributed by atoms with van der Waals surface area (Å²) in [6, 6.07) is -0.796. The van der Waals surface area contributed by atoms with Gasteiger partial charge in [0.05, 0.1) is 24.0 Å². The Bertz CT molecular complexity index is 502. The Morgan fingerprint density at radius 1 is 1.40 bits per heavy atom. The molecule has 3 atom stereocenters. The minimum Gasteiger partial charge on any atom is -0.481 e. The molecular formula is C12H19NO6S. The van der Waals surface area contributed by atoms with E-state index in [1.807, 2.05) is 6.92 Å². The van der Waals surface area contributed by atoms with E-state index >= 15 is 0 Å². The first-order chi connectivity index (χ1) is 9.30. The van der Waals surface area contributed by atoms with Crippen LogP contribution in [0.4, 0.5) is 0 Å². The fourth-order valence-corrected chi connectivity index (χ4v) is 4.25. The summed E-state index contributed by atoms with van der Waals surface area (Å²) < 4.78 is 28.7. The van der Waals surface area contributed by atoms with Crippen LogP contribution in [0.25, 0.3) is 0 Å². The predicted octanol–water partition coefficient (Wildman–Crippen LogP) is -0.488. The molecule has 7 nitrogen and oxygen atoms in total. The van der Waals surface area contributed by atoms with Crippen molar-refractivity contribution < 1.29 is 27.9 Å². The Balaban J connectivity index is 2.15. The van der Waals surface area contributed by atoms with Gasteiger partial charge < -0.3 is 14.7 Å². The molecule has 2 rings (SSSR count). The minimum absolute atomic E-state index is 0.0473. The molecule has 8 heteroatoms. The summed E-state index contributed by atoms with van der Waals surface area (Å²) >= 11 is 0. The number of carbonyl (C=O) groups excluding carboxylic acids is 1. The van der Waals surface area contributed by atoms with Crippen LogP contribution in [-0.4, -0.2) is 67.1 Å². The van der Waals surface area contributed by atoms with Gasteiger partial charge in [-0.3, -0.25) is 9.59 Å². The largest absolute Gasteiger partial charge is 0.481 e. The second-order valence-corrected chi connectivity index (χ2v) is 7.68. The first kappa shape index (κ1) is 15.2. The Labute approximate surface area is 117 Å². The lowest BCUT2D eigenvalue weighted by Gasteiger charge is -2.36. The number of hydrogen-bond donors (Lipinski definition) is 1. The maximum atomic E-state index is 12.4. The lowest BCUT2D eigenvalue weighted by molar-refractivity contribution is -0.146. The van der Waals surface area contributed by atoms with Crippen LogP contribution in [0.2, 0.25) is 0 Å². The highest BCUT2D eigenvalue weighted by Crippen LogP contribution is 2.25. The number of carbonyl (C=O) groups is 2. The Hall–Kier alpha value is -1.15. The highest BCUT2D eigenvalue weighted by molar-refractivity contribution is 7.91. The smallest absolute Gasteiger partial charge is 0.305 e. The third-order valence-electron chi connectivity index (χ3n) is 3.85. The van der Waals surface area contributed by atoms with E-state index in [9.17, 15) is 18.0 Å². The van der Waals surface area contributed by atoms with Crippen LogP contribution < -0.4 is 0 Å². The summed E-state index contributed by atoms with van der Waals surface area (Å²) in [6.45, 7) is 2.46. The van der Waals surface area contributed by atoms with E-state index < -0.39 is 28.0 Å². The zero-order valence-electron chi connectivity index (χ0n) is 11.3. The lowest BCUT2D eigenvalue weighted by Crippen LogP contribution is -2.55. The number of carboxylic acids is 1. The quantitative estimate of drug-likeness (QED) is 0.755. The van der Waals surface area contributed by atoms with E-state index in [-0.39, 0.29) is 36.3 Å². The van der Waals surface area contributed by atoms with E-state index in [1.54, 1.807) is 0 Å². The van der Waals surface area contributed by atoms with Gasteiger partial charge in [-0.05, 0) is 12.3 Å². The molecule has 0 spiro atoms. The summed E-state index contributed by atoms with van der Waals surface area (Å²) in [6.07, 6.45) is -0.148. The molecule has 0 radical (unpaired) electrons. The number of sulfone groups is 1. The summed E-state index contributed by atoms with van der Waals surface area (Å²) in [5.41, 5.74) is 0. The maximum Gasteiger partial charge on any atom is 0.305 e. The van der Waals surface area contributed by atoms with E-state index in [0.717, 1.165) is 6.42 Å². The van der Waals surface area contributed by atoms with E-state index in [2.05, 4.69) is 0 Å². The zero-order chi connectivity index (χ0) is 14.9. The van der Waals surface area contributed by atoms with Crippen molar-refractivity contribution in [3.8, 4) is 0 Å². The van der Waals surface area contributed by atoms with Crippen LogP contribution in [0.3, 0.4) is 0 Å². The van der Waals surface area contributed by atoms with Crippen LogP contribution in [0.15, 0.2) is 0 Å². The van der Waals surface area contributed by atoms with Crippen LogP contribution >= 0.6 is 0 Å². The number of carboxylic acid groups (broad SMARTS) is 1. The molecule has 1 N–H and O–H groups in total. The van der Waals surface area contributed by atoms with Crippen molar-refractivity contribution in [1.29, 1.82) is 0 Å². The van der Waals surface area contributed by atoms with Crippen molar-refractivity contribution in [2.75, 3.05) is 24.7 Å². The first-order valence-corrected chi connectivity index (χ1v) is 8.46. The number of hydrogen-bond acceptors (Lipinski definition) is 5. The fourth-order valence-electron chi connectivity index (χ4n) is 2.72. The van der Waals surface area contributed by atoms with Gasteiger partial charge in [-0.25, -0.2) is 8.42 Å². The van der Waals surface area contributed by atoms with E-state index in [4.69, 9.17) is 9.84 Å². The summed E-state index contributed by atoms with van der Waals surface area (Å²) in [7, 11) is -3.28. The van der Waals surface area contributed by atoms with Gasteiger partial charge in [-0.2, -0.15) is 0 Å². The van der Waals surface area contributed by atoms with Crippen molar-refractivity contribution in [3.63, 3.8) is 0 Å². The second kappa shape index (κ2) is 5.69. The molecule has 2 aliphatic heterocycles. The van der Waals surface area contributed by atoms with Crippen molar-refractivity contribution in [2.45, 2.75) is 31.9 Å². The molecule has 1 amide bonds. The van der Waals surface area contributed by atoms with Crippen molar-refractivity contribution >= 4 is 21.7 Å². The average molecular weight is 305 g/mol.